The number of allylic oxidation sites excluding steroid dienone is 2. The van der Waals surface area contributed by atoms with Crippen molar-refractivity contribution in [3.8, 4) is 9.75 Å². The SMILES string of the molecule is CCCCCCCCCCCCC(CCCCCCCCCC)CN1C(=O)C2=C(C3CC=C(C4=CCC(Br)S4)S3)N(CC(CCCCCCCCCC)CCCCCCCCCCCC)C(=O)C2=C1c1ccc(-c2ccc(Br)s2)s1. The maximum atomic E-state index is 16.1. The first-order chi connectivity index (χ1) is 39.3. The quantitative estimate of drug-likeness (QED) is 0.0489. The topological polar surface area (TPSA) is 40.6 Å². The standard InChI is InChI=1S/C70H110Br2N2O2S4/c1-5-9-13-17-21-25-27-31-35-39-43-55(41-37-33-29-23-19-15-11-7-3)53-73-67(61-47-45-57(77-61)59-49-51-63(71)79-59)65-66(69(73)75)68(62-48-46-58(78-62)60-50-52-64(72)80-60)74(70(65)76)54-56(42-38-34-30-24-20-16-12-8-4)44-40-36-32-28-26-22-18-14-10-6-2/h45-47,49-51,55-56,62,64H,5-44,48,52-54H2,1-4H3. The molecule has 4 nitrogen and oxygen atoms in total. The van der Waals surface area contributed by atoms with Gasteiger partial charge in [0.2, 0.25) is 0 Å². The molecule has 0 bridgehead atoms. The lowest BCUT2D eigenvalue weighted by Crippen LogP contribution is -2.37. The van der Waals surface area contributed by atoms with E-state index in [1.165, 1.54) is 251 Å². The number of alkyl halides is 1. The molecule has 4 aliphatic rings. The van der Waals surface area contributed by atoms with Crippen molar-refractivity contribution in [2.75, 3.05) is 13.1 Å². The molecule has 0 N–H and O–H groups in total. The van der Waals surface area contributed by atoms with Crippen LogP contribution >= 0.6 is 78.1 Å². The molecule has 10 heteroatoms. The van der Waals surface area contributed by atoms with E-state index < -0.39 is 0 Å². The maximum Gasteiger partial charge on any atom is 0.261 e. The smallest absolute Gasteiger partial charge is 0.261 e. The normalized spacial score (nSPS) is 18.2. The molecule has 2 aromatic rings. The molecule has 4 atom stereocenters. The van der Waals surface area contributed by atoms with E-state index in [9.17, 15) is 0 Å². The van der Waals surface area contributed by atoms with Gasteiger partial charge in [0, 0.05) is 38.4 Å². The Hall–Kier alpha value is -1.04. The minimum absolute atomic E-state index is 0.0331. The van der Waals surface area contributed by atoms with E-state index >= 15 is 9.59 Å². The van der Waals surface area contributed by atoms with Gasteiger partial charge in [0.1, 0.15) is 0 Å². The summed E-state index contributed by atoms with van der Waals surface area (Å²) in [5, 5.41) is 0.0331. The maximum absolute atomic E-state index is 16.1. The van der Waals surface area contributed by atoms with Crippen LogP contribution in [0.2, 0.25) is 0 Å². The number of amides is 2. The zero-order valence-corrected chi connectivity index (χ0v) is 57.4. The number of unbranched alkanes of at least 4 members (excludes halogenated alkanes) is 32. The van der Waals surface area contributed by atoms with E-state index in [-0.39, 0.29) is 17.1 Å². The summed E-state index contributed by atoms with van der Waals surface area (Å²) in [6, 6.07) is 8.83. The highest BCUT2D eigenvalue weighted by Crippen LogP contribution is 2.54. The van der Waals surface area contributed by atoms with Crippen molar-refractivity contribution >= 4 is 95.6 Å². The van der Waals surface area contributed by atoms with E-state index in [4.69, 9.17) is 0 Å². The molecule has 4 aliphatic heterocycles. The van der Waals surface area contributed by atoms with Crippen molar-refractivity contribution in [1.29, 1.82) is 0 Å². The van der Waals surface area contributed by atoms with Gasteiger partial charge in [-0.2, -0.15) is 0 Å². The minimum Gasteiger partial charge on any atom is -0.310 e. The Morgan fingerprint density at radius 2 is 0.800 bits per heavy atom. The lowest BCUT2D eigenvalue weighted by molar-refractivity contribution is -0.125. The molecule has 0 radical (unpaired) electrons. The number of halogens is 2. The van der Waals surface area contributed by atoms with Gasteiger partial charge in [0.05, 0.1) is 34.9 Å². The molecule has 2 amide bonds. The van der Waals surface area contributed by atoms with Gasteiger partial charge in [-0.15, -0.1) is 46.2 Å². The van der Waals surface area contributed by atoms with Crippen LogP contribution in [0.4, 0.5) is 0 Å². The molecular weight excluding hydrogens is 1190 g/mol. The van der Waals surface area contributed by atoms with Crippen LogP contribution in [0.15, 0.2) is 66.9 Å². The van der Waals surface area contributed by atoms with Gasteiger partial charge in [-0.1, -0.05) is 287 Å². The first-order valence-electron chi connectivity index (χ1n) is 33.6. The Morgan fingerprint density at radius 3 is 1.21 bits per heavy atom. The zero-order chi connectivity index (χ0) is 56.6. The van der Waals surface area contributed by atoms with Gasteiger partial charge in [-0.25, -0.2) is 0 Å². The van der Waals surface area contributed by atoms with E-state index in [0.29, 0.717) is 28.1 Å². The summed E-state index contributed by atoms with van der Waals surface area (Å²) in [5.41, 5.74) is 3.39. The molecule has 0 fully saturated rings. The summed E-state index contributed by atoms with van der Waals surface area (Å²) in [6.07, 6.45) is 59.0. The van der Waals surface area contributed by atoms with Crippen molar-refractivity contribution < 1.29 is 9.59 Å². The Balaban J connectivity index is 1.29. The van der Waals surface area contributed by atoms with Crippen LogP contribution in [0.3, 0.4) is 0 Å². The van der Waals surface area contributed by atoms with Crippen LogP contribution in [0.25, 0.3) is 15.5 Å². The van der Waals surface area contributed by atoms with Crippen LogP contribution in [-0.2, 0) is 9.59 Å². The molecule has 450 valence electrons. The third kappa shape index (κ3) is 23.0. The number of carbonyl (C=O) groups is 2. The van der Waals surface area contributed by atoms with Gasteiger partial charge >= 0.3 is 0 Å². The first kappa shape index (κ1) is 68.1. The summed E-state index contributed by atoms with van der Waals surface area (Å²) in [5.74, 6) is 1.01. The molecule has 0 saturated heterocycles. The number of nitrogens with zero attached hydrogens (tertiary/aromatic N) is 2. The predicted octanol–water partition coefficient (Wildman–Crippen LogP) is 24.9. The number of rotatable bonds is 48. The van der Waals surface area contributed by atoms with Crippen molar-refractivity contribution in [2.45, 2.75) is 307 Å². The van der Waals surface area contributed by atoms with Crippen molar-refractivity contribution in [3.63, 3.8) is 0 Å². The van der Waals surface area contributed by atoms with Gasteiger partial charge in [0.15, 0.2) is 0 Å². The number of hydrogen-bond acceptors (Lipinski definition) is 6. The number of fused-ring (bicyclic) bond motifs is 1. The lowest BCUT2D eigenvalue weighted by atomic mass is 9.93. The average molecular weight is 1300 g/mol. The lowest BCUT2D eigenvalue weighted by Gasteiger charge is -2.31. The van der Waals surface area contributed by atoms with Crippen LogP contribution in [0.1, 0.15) is 302 Å². The van der Waals surface area contributed by atoms with Crippen LogP contribution in [0.5, 0.6) is 0 Å². The molecule has 0 aromatic carbocycles. The second-order valence-corrected chi connectivity index (χ2v) is 32.3. The number of thioether (sulfide) groups is 2. The summed E-state index contributed by atoms with van der Waals surface area (Å²) in [6.45, 7) is 10.7. The highest BCUT2D eigenvalue weighted by molar-refractivity contribution is 9.11. The molecule has 80 heavy (non-hydrogen) atoms. The molecule has 6 heterocycles. The Morgan fingerprint density at radius 1 is 0.438 bits per heavy atom. The highest BCUT2D eigenvalue weighted by Gasteiger charge is 2.51. The van der Waals surface area contributed by atoms with E-state index in [2.05, 4.69) is 106 Å². The van der Waals surface area contributed by atoms with Gasteiger partial charge in [-0.3, -0.25) is 9.59 Å². The summed E-state index contributed by atoms with van der Waals surface area (Å²) in [4.78, 5) is 42.7. The number of carbonyl (C=O) groups excluding carboxylic acids is 2. The van der Waals surface area contributed by atoms with Crippen LogP contribution in [-0.4, -0.2) is 44.1 Å². The van der Waals surface area contributed by atoms with Gasteiger partial charge < -0.3 is 9.80 Å². The summed E-state index contributed by atoms with van der Waals surface area (Å²) < 4.78 is 1.52. The fraction of sp³-hybridized carbons (Fsp3) is 0.743. The highest BCUT2D eigenvalue weighted by atomic mass is 79.9. The monoisotopic (exact) mass is 1300 g/mol. The number of hydrogen-bond donors (Lipinski definition) is 0. The van der Waals surface area contributed by atoms with E-state index in [0.717, 1.165) is 70.7 Å². The third-order valence-corrected chi connectivity index (χ3v) is 24.1. The Kier molecular flexibility index (Phi) is 34.3. The van der Waals surface area contributed by atoms with Crippen LogP contribution in [0, 0.1) is 11.8 Å². The summed E-state index contributed by atoms with van der Waals surface area (Å²) >= 11 is 15.0. The zero-order valence-electron chi connectivity index (χ0n) is 51.0. The third-order valence-electron chi connectivity index (χ3n) is 17.7. The van der Waals surface area contributed by atoms with Gasteiger partial charge in [-0.05, 0) is 90.6 Å². The molecule has 0 saturated carbocycles. The average Bonchev–Trinajstić information content (AvgIpc) is 4.38. The fourth-order valence-electron chi connectivity index (χ4n) is 12.9. The molecular formula is C70H110Br2N2O2S4. The minimum atomic E-state index is 0.0331. The first-order valence-corrected chi connectivity index (χ1v) is 38.7. The second kappa shape index (κ2) is 40.4. The molecule has 2 aromatic heterocycles. The fourth-order valence-corrected chi connectivity index (χ4v) is 18.7. The van der Waals surface area contributed by atoms with Gasteiger partial charge in [0.25, 0.3) is 11.8 Å². The van der Waals surface area contributed by atoms with E-state index in [1.54, 1.807) is 22.7 Å². The van der Waals surface area contributed by atoms with Crippen molar-refractivity contribution in [2.24, 2.45) is 11.8 Å². The number of thiophene rings is 2. The van der Waals surface area contributed by atoms with E-state index in [1.807, 2.05) is 23.5 Å². The molecule has 0 aliphatic carbocycles. The van der Waals surface area contributed by atoms with Crippen molar-refractivity contribution in [3.05, 3.63) is 71.7 Å². The molecule has 6 rings (SSSR count). The summed E-state index contributed by atoms with van der Waals surface area (Å²) in [7, 11) is 0. The van der Waals surface area contributed by atoms with Crippen LogP contribution < -0.4 is 0 Å². The van der Waals surface area contributed by atoms with Crippen molar-refractivity contribution in [1.82, 2.24) is 9.80 Å². The predicted molar refractivity (Wildman–Crippen MR) is 364 cm³/mol. The molecule has 4 unspecified atom stereocenters. The molecule has 0 spiro atoms. The Bertz CT molecular complexity index is 2210. The largest absolute Gasteiger partial charge is 0.310 e. The second-order valence-electron chi connectivity index (χ2n) is 24.5. The Labute approximate surface area is 523 Å².